The maximum absolute atomic E-state index is 14.3. The van der Waals surface area contributed by atoms with Crippen molar-refractivity contribution in [3.05, 3.63) is 83.4 Å². The number of hydrogen-bond donors (Lipinski definition) is 2. The number of nitrogens with one attached hydrogen (secondary N) is 2. The van der Waals surface area contributed by atoms with E-state index in [0.29, 0.717) is 15.5 Å². The molecule has 0 bridgehead atoms. The summed E-state index contributed by atoms with van der Waals surface area (Å²) in [6.07, 6.45) is -3.62. The van der Waals surface area contributed by atoms with Crippen LogP contribution in [-0.2, 0) is 11.0 Å². The van der Waals surface area contributed by atoms with Crippen molar-refractivity contribution >= 4 is 39.3 Å². The molecule has 10 nitrogen and oxygen atoms in total. The summed E-state index contributed by atoms with van der Waals surface area (Å²) in [5, 5.41) is 14.8. The zero-order valence-corrected chi connectivity index (χ0v) is 19.7. The molecular weight excluding hydrogens is 539 g/mol. The number of nitrogens with zero attached hydrogens (tertiary/aromatic N) is 6. The van der Waals surface area contributed by atoms with Gasteiger partial charge in [0.25, 0.3) is 12.3 Å². The number of benzene rings is 2. The van der Waals surface area contributed by atoms with Crippen LogP contribution in [0.2, 0.25) is 0 Å². The van der Waals surface area contributed by atoms with E-state index in [2.05, 4.69) is 30.6 Å². The Bertz CT molecular complexity index is 1990. The van der Waals surface area contributed by atoms with Gasteiger partial charge in [-0.3, -0.25) is 4.79 Å². The Kier molecular flexibility index (Phi) is 5.66. The van der Waals surface area contributed by atoms with Crippen LogP contribution in [0.1, 0.15) is 28.0 Å². The maximum Gasteiger partial charge on any atom is 0.434 e. The van der Waals surface area contributed by atoms with E-state index in [4.69, 9.17) is 0 Å². The standard InChI is InChI=1S/C25H13F5N8O2/c26-22(27)15-8-12(4-5-18(15)38-32-6-7-33-38)35-24(40)16-9-34-37(21(16)25(28,29)30)19-10-31-23-20-13(17(11-39)36-23)2-1-3-14(19)20/h1-10,22H,(H,31,36)(H,35,40). The van der Waals surface area contributed by atoms with Gasteiger partial charge in [0.05, 0.1) is 41.7 Å². The number of halogens is 5. The molecule has 0 spiro atoms. The molecule has 0 atom stereocenters. The van der Waals surface area contributed by atoms with Crippen molar-refractivity contribution in [3.63, 3.8) is 0 Å². The molecule has 2 aromatic carbocycles. The van der Waals surface area contributed by atoms with Crippen molar-refractivity contribution in [3.8, 4) is 11.4 Å². The highest BCUT2D eigenvalue weighted by molar-refractivity contribution is 6.11. The number of rotatable bonds is 5. The first kappa shape index (κ1) is 24.9. The van der Waals surface area contributed by atoms with Crippen molar-refractivity contribution in [2.24, 2.45) is 0 Å². The molecule has 0 saturated carbocycles. The van der Waals surface area contributed by atoms with Gasteiger partial charge in [0.1, 0.15) is 11.0 Å². The molecule has 0 aliphatic heterocycles. The number of hydrogen-bond acceptors (Lipinski definition) is 6. The van der Waals surface area contributed by atoms with E-state index in [-0.39, 0.29) is 33.4 Å². The molecular formula is C25H13F5N8O2. The quantitative estimate of drug-likeness (QED) is 0.313. The predicted octanol–water partition coefficient (Wildman–Crippen LogP) is 3.91. The van der Waals surface area contributed by atoms with Gasteiger partial charge in [-0.15, -0.1) is 0 Å². The Morgan fingerprint density at radius 3 is 2.45 bits per heavy atom. The van der Waals surface area contributed by atoms with Crippen LogP contribution < -0.4 is 10.7 Å². The van der Waals surface area contributed by atoms with E-state index < -0.39 is 35.3 Å². The summed E-state index contributed by atoms with van der Waals surface area (Å²) in [4.78, 5) is 32.2. The van der Waals surface area contributed by atoms with Crippen molar-refractivity contribution in [2.45, 2.75) is 12.6 Å². The minimum atomic E-state index is -5.05. The lowest BCUT2D eigenvalue weighted by Crippen LogP contribution is -2.21. The van der Waals surface area contributed by atoms with Crippen LogP contribution >= 0.6 is 0 Å². The van der Waals surface area contributed by atoms with Gasteiger partial charge in [-0.2, -0.15) is 33.3 Å². The van der Waals surface area contributed by atoms with Crippen LogP contribution in [0.15, 0.2) is 61.2 Å². The second-order valence-electron chi connectivity index (χ2n) is 8.49. The molecule has 2 N–H and O–H groups in total. The molecule has 0 fully saturated rings. The third-order valence-electron chi connectivity index (χ3n) is 6.17. The van der Waals surface area contributed by atoms with Crippen molar-refractivity contribution in [2.75, 3.05) is 5.32 Å². The topological polar surface area (TPSA) is 123 Å². The number of carbonyl (C=O) groups is 1. The summed E-state index contributed by atoms with van der Waals surface area (Å²) in [6.45, 7) is 0. The van der Waals surface area contributed by atoms with Gasteiger partial charge in [0.2, 0.25) is 0 Å². The maximum atomic E-state index is 14.3. The van der Waals surface area contributed by atoms with Gasteiger partial charge in [-0.25, -0.2) is 23.2 Å². The lowest BCUT2D eigenvalue weighted by Gasteiger charge is -2.15. The fourth-order valence-electron chi connectivity index (χ4n) is 4.52. The summed E-state index contributed by atoms with van der Waals surface area (Å²) < 4.78 is 71.0. The molecule has 0 radical (unpaired) electrons. The largest absolute Gasteiger partial charge is 0.434 e. The van der Waals surface area contributed by atoms with E-state index in [1.165, 1.54) is 30.6 Å². The molecule has 4 heterocycles. The van der Waals surface area contributed by atoms with E-state index in [9.17, 15) is 31.5 Å². The highest BCUT2D eigenvalue weighted by Gasteiger charge is 2.41. The van der Waals surface area contributed by atoms with Crippen molar-refractivity contribution in [1.29, 1.82) is 0 Å². The fourth-order valence-corrected chi connectivity index (χ4v) is 4.52. The van der Waals surface area contributed by atoms with Crippen LogP contribution in [0.25, 0.3) is 33.2 Å². The number of amides is 1. The SMILES string of the molecule is O=C=c1[nH]c2ncc(-n3ncc(C(=O)Nc4ccc(-n5nccn5)c(C(F)F)c4)c3C(F)(F)F)c3cccc1c23. The fraction of sp³-hybridized carbons (Fsp3) is 0.0800. The smallest absolute Gasteiger partial charge is 0.330 e. The number of aromatic amines is 1. The Hall–Kier alpha value is -5.43. The van der Waals surface area contributed by atoms with Crippen LogP contribution in [0.3, 0.4) is 0 Å². The Morgan fingerprint density at radius 2 is 1.75 bits per heavy atom. The number of pyridine rings is 1. The molecule has 0 aliphatic rings. The first-order valence-electron chi connectivity index (χ1n) is 11.4. The summed E-state index contributed by atoms with van der Waals surface area (Å²) >= 11 is 0. The summed E-state index contributed by atoms with van der Waals surface area (Å²) in [5.41, 5.74) is -2.88. The molecule has 1 amide bonds. The van der Waals surface area contributed by atoms with E-state index in [0.717, 1.165) is 23.3 Å². The second-order valence-corrected chi connectivity index (χ2v) is 8.49. The normalized spacial score (nSPS) is 11.9. The molecule has 6 aromatic rings. The van der Waals surface area contributed by atoms with Gasteiger partial charge in [0.15, 0.2) is 11.6 Å². The third-order valence-corrected chi connectivity index (χ3v) is 6.17. The van der Waals surface area contributed by atoms with Crippen LogP contribution in [0.4, 0.5) is 27.6 Å². The second kappa shape index (κ2) is 9.10. The highest BCUT2D eigenvalue weighted by atomic mass is 19.4. The number of alkyl halides is 5. The molecule has 200 valence electrons. The average molecular weight is 552 g/mol. The van der Waals surface area contributed by atoms with E-state index in [1.54, 1.807) is 18.1 Å². The van der Waals surface area contributed by atoms with Crippen LogP contribution in [0, 0.1) is 0 Å². The molecule has 15 heteroatoms. The average Bonchev–Trinajstić information content (AvgIpc) is 3.68. The molecule has 6 rings (SSSR count). The minimum Gasteiger partial charge on any atom is -0.330 e. The predicted molar refractivity (Wildman–Crippen MR) is 130 cm³/mol. The Balaban J connectivity index is 1.43. The zero-order chi connectivity index (χ0) is 28.2. The molecule has 0 saturated heterocycles. The number of H-pyrrole nitrogens is 1. The zero-order valence-electron chi connectivity index (χ0n) is 19.7. The number of carbonyl (C=O) groups excluding carboxylic acids is 2. The minimum absolute atomic E-state index is 0.0663. The van der Waals surface area contributed by atoms with E-state index in [1.807, 2.05) is 0 Å². The van der Waals surface area contributed by atoms with Crippen LogP contribution in [0.5, 0.6) is 0 Å². The van der Waals surface area contributed by atoms with Gasteiger partial charge in [-0.05, 0) is 18.2 Å². The lowest BCUT2D eigenvalue weighted by molar-refractivity contribution is -0.143. The monoisotopic (exact) mass is 552 g/mol. The van der Waals surface area contributed by atoms with Crippen molar-refractivity contribution < 1.29 is 31.5 Å². The van der Waals surface area contributed by atoms with Gasteiger partial charge in [-0.1, -0.05) is 18.2 Å². The summed E-state index contributed by atoms with van der Waals surface area (Å²) in [5.74, 6) is 0.509. The van der Waals surface area contributed by atoms with Gasteiger partial charge < -0.3 is 10.3 Å². The van der Waals surface area contributed by atoms with Gasteiger partial charge in [0, 0.05) is 27.4 Å². The Labute approximate surface area is 218 Å². The number of aromatic nitrogens is 7. The third kappa shape index (κ3) is 3.96. The molecule has 0 unspecified atom stereocenters. The molecule has 0 aliphatic carbocycles. The highest BCUT2D eigenvalue weighted by Crippen LogP contribution is 2.37. The first-order valence-corrected chi connectivity index (χ1v) is 11.4. The Morgan fingerprint density at radius 1 is 1.00 bits per heavy atom. The lowest BCUT2D eigenvalue weighted by atomic mass is 10.1. The summed E-state index contributed by atoms with van der Waals surface area (Å²) in [7, 11) is 0. The molecule has 4 aromatic heterocycles. The number of anilines is 1. The van der Waals surface area contributed by atoms with Gasteiger partial charge >= 0.3 is 6.18 Å². The van der Waals surface area contributed by atoms with Crippen molar-refractivity contribution in [1.82, 2.24) is 34.7 Å². The molecule has 40 heavy (non-hydrogen) atoms. The summed E-state index contributed by atoms with van der Waals surface area (Å²) in [6, 6.07) is 8.03. The van der Waals surface area contributed by atoms with E-state index >= 15 is 0 Å². The van der Waals surface area contributed by atoms with Crippen LogP contribution in [-0.4, -0.2) is 46.6 Å². The first-order chi connectivity index (χ1) is 19.2.